The molecule has 1 aliphatic rings. The second kappa shape index (κ2) is 6.61. The molecule has 0 unspecified atom stereocenters. The molecule has 0 radical (unpaired) electrons. The molecular formula is C13H18ClN3O. The van der Waals surface area contributed by atoms with Crippen molar-refractivity contribution in [3.05, 3.63) is 29.3 Å². The number of benzene rings is 1. The summed E-state index contributed by atoms with van der Waals surface area (Å²) in [4.78, 5) is 13.9. The van der Waals surface area contributed by atoms with E-state index in [9.17, 15) is 4.79 Å². The van der Waals surface area contributed by atoms with Crippen molar-refractivity contribution in [3.8, 4) is 0 Å². The number of anilines is 1. The first-order chi connectivity index (χ1) is 8.75. The Morgan fingerprint density at radius 3 is 3.11 bits per heavy atom. The molecule has 1 fully saturated rings. The maximum atomic E-state index is 12.0. The zero-order valence-corrected chi connectivity index (χ0v) is 11.0. The summed E-state index contributed by atoms with van der Waals surface area (Å²) < 4.78 is 0. The quantitative estimate of drug-likeness (QED) is 0.874. The summed E-state index contributed by atoms with van der Waals surface area (Å²) in [6, 6.07) is 7.40. The highest BCUT2D eigenvalue weighted by molar-refractivity contribution is 6.30. The van der Waals surface area contributed by atoms with Gasteiger partial charge in [-0.05, 0) is 31.2 Å². The number of carbonyl (C=O) groups is 1. The zero-order valence-electron chi connectivity index (χ0n) is 10.3. The minimum Gasteiger partial charge on any atom is -0.376 e. The molecule has 5 heteroatoms. The molecule has 0 atom stereocenters. The average Bonchev–Trinajstić information content (AvgIpc) is 2.65. The first-order valence-corrected chi connectivity index (χ1v) is 6.61. The van der Waals surface area contributed by atoms with E-state index in [1.807, 2.05) is 29.2 Å². The lowest BCUT2D eigenvalue weighted by atomic mass is 10.3. The van der Waals surface area contributed by atoms with Crippen molar-refractivity contribution in [3.63, 3.8) is 0 Å². The molecule has 0 aliphatic carbocycles. The monoisotopic (exact) mass is 267 g/mol. The summed E-state index contributed by atoms with van der Waals surface area (Å²) in [6.07, 6.45) is 1.02. The maximum absolute atomic E-state index is 12.0. The van der Waals surface area contributed by atoms with Crippen LogP contribution in [0.4, 0.5) is 5.69 Å². The van der Waals surface area contributed by atoms with Gasteiger partial charge in [-0.2, -0.15) is 0 Å². The molecule has 0 aromatic heterocycles. The fraction of sp³-hybridized carbons (Fsp3) is 0.462. The largest absolute Gasteiger partial charge is 0.376 e. The number of halogens is 1. The average molecular weight is 268 g/mol. The molecule has 1 aliphatic heterocycles. The first-order valence-electron chi connectivity index (χ1n) is 6.23. The molecule has 1 aromatic carbocycles. The highest BCUT2D eigenvalue weighted by Crippen LogP contribution is 2.14. The van der Waals surface area contributed by atoms with E-state index in [1.54, 1.807) is 0 Å². The molecule has 0 spiro atoms. The van der Waals surface area contributed by atoms with E-state index in [2.05, 4.69) is 10.6 Å². The number of amides is 1. The van der Waals surface area contributed by atoms with Crippen molar-refractivity contribution in [1.29, 1.82) is 0 Å². The zero-order chi connectivity index (χ0) is 12.8. The predicted molar refractivity (Wildman–Crippen MR) is 74.0 cm³/mol. The second-order valence-corrected chi connectivity index (χ2v) is 4.78. The third-order valence-electron chi connectivity index (χ3n) is 2.96. The number of nitrogens with one attached hydrogen (secondary N) is 2. The van der Waals surface area contributed by atoms with Crippen LogP contribution in [0.1, 0.15) is 6.42 Å². The Morgan fingerprint density at radius 2 is 2.28 bits per heavy atom. The van der Waals surface area contributed by atoms with Gasteiger partial charge in [0, 0.05) is 30.3 Å². The molecule has 98 valence electrons. The molecule has 0 bridgehead atoms. The standard InChI is InChI=1S/C13H18ClN3O/c14-11-3-1-4-12(9-11)16-10-13(18)17-7-2-5-15-6-8-17/h1,3-4,9,15-16H,2,5-8,10H2. The summed E-state index contributed by atoms with van der Waals surface area (Å²) in [5, 5.41) is 7.06. The van der Waals surface area contributed by atoms with Crippen LogP contribution < -0.4 is 10.6 Å². The smallest absolute Gasteiger partial charge is 0.241 e. The van der Waals surface area contributed by atoms with E-state index < -0.39 is 0 Å². The highest BCUT2D eigenvalue weighted by Gasteiger charge is 2.14. The van der Waals surface area contributed by atoms with E-state index >= 15 is 0 Å². The van der Waals surface area contributed by atoms with Crippen LogP contribution in [-0.2, 0) is 4.79 Å². The lowest BCUT2D eigenvalue weighted by Gasteiger charge is -2.20. The van der Waals surface area contributed by atoms with Gasteiger partial charge in [0.05, 0.1) is 6.54 Å². The van der Waals surface area contributed by atoms with Crippen molar-refractivity contribution in [2.45, 2.75) is 6.42 Å². The molecule has 1 saturated heterocycles. The van der Waals surface area contributed by atoms with Crippen LogP contribution in [0.25, 0.3) is 0 Å². The number of hydrogen-bond acceptors (Lipinski definition) is 3. The first kappa shape index (κ1) is 13.2. The predicted octanol–water partition coefficient (Wildman–Crippen LogP) is 1.57. The lowest BCUT2D eigenvalue weighted by Crippen LogP contribution is -2.37. The van der Waals surface area contributed by atoms with Crippen LogP contribution in [0, 0.1) is 0 Å². The normalized spacial score (nSPS) is 16.2. The second-order valence-electron chi connectivity index (χ2n) is 4.35. The fourth-order valence-corrected chi connectivity index (χ4v) is 2.17. The molecular weight excluding hydrogens is 250 g/mol. The summed E-state index contributed by atoms with van der Waals surface area (Å²) in [6.45, 7) is 3.81. The van der Waals surface area contributed by atoms with Crippen molar-refractivity contribution < 1.29 is 4.79 Å². The van der Waals surface area contributed by atoms with Crippen LogP contribution in [-0.4, -0.2) is 43.5 Å². The molecule has 1 amide bonds. The van der Waals surface area contributed by atoms with Crippen molar-refractivity contribution in [2.24, 2.45) is 0 Å². The Hall–Kier alpha value is -1.26. The number of hydrogen-bond donors (Lipinski definition) is 2. The molecule has 2 rings (SSSR count). The molecule has 2 N–H and O–H groups in total. The van der Waals surface area contributed by atoms with Crippen LogP contribution in [0.15, 0.2) is 24.3 Å². The van der Waals surface area contributed by atoms with Crippen LogP contribution in [0.5, 0.6) is 0 Å². The van der Waals surface area contributed by atoms with Gasteiger partial charge >= 0.3 is 0 Å². The van der Waals surface area contributed by atoms with Crippen LogP contribution >= 0.6 is 11.6 Å². The van der Waals surface area contributed by atoms with Gasteiger partial charge in [0.2, 0.25) is 5.91 Å². The number of nitrogens with zero attached hydrogens (tertiary/aromatic N) is 1. The summed E-state index contributed by atoms with van der Waals surface area (Å²) >= 11 is 5.89. The Labute approximate surface area is 112 Å². The third kappa shape index (κ3) is 3.89. The molecule has 18 heavy (non-hydrogen) atoms. The summed E-state index contributed by atoms with van der Waals surface area (Å²) in [5.41, 5.74) is 0.879. The molecule has 1 heterocycles. The summed E-state index contributed by atoms with van der Waals surface area (Å²) in [5.74, 6) is 0.138. The van der Waals surface area contributed by atoms with E-state index in [4.69, 9.17) is 11.6 Å². The number of rotatable bonds is 3. The Balaban J connectivity index is 1.83. The maximum Gasteiger partial charge on any atom is 0.241 e. The van der Waals surface area contributed by atoms with Gasteiger partial charge in [-0.3, -0.25) is 4.79 Å². The summed E-state index contributed by atoms with van der Waals surface area (Å²) in [7, 11) is 0. The van der Waals surface area contributed by atoms with E-state index in [1.165, 1.54) is 0 Å². The van der Waals surface area contributed by atoms with Crippen molar-refractivity contribution in [2.75, 3.05) is 38.0 Å². The van der Waals surface area contributed by atoms with Gasteiger partial charge in [0.15, 0.2) is 0 Å². The Kier molecular flexibility index (Phi) is 4.84. The number of carbonyl (C=O) groups excluding carboxylic acids is 1. The minimum absolute atomic E-state index is 0.138. The van der Waals surface area contributed by atoms with Crippen LogP contribution in [0.2, 0.25) is 5.02 Å². The minimum atomic E-state index is 0.138. The van der Waals surface area contributed by atoms with E-state index in [0.29, 0.717) is 11.6 Å². The molecule has 0 saturated carbocycles. The van der Waals surface area contributed by atoms with Gasteiger partial charge in [-0.15, -0.1) is 0 Å². The topological polar surface area (TPSA) is 44.4 Å². The van der Waals surface area contributed by atoms with Gasteiger partial charge in [-0.25, -0.2) is 0 Å². The van der Waals surface area contributed by atoms with Crippen molar-refractivity contribution >= 4 is 23.2 Å². The SMILES string of the molecule is O=C(CNc1cccc(Cl)c1)N1CCCNCC1. The molecule has 4 nitrogen and oxygen atoms in total. The van der Waals surface area contributed by atoms with Gasteiger partial charge in [-0.1, -0.05) is 17.7 Å². The Morgan fingerprint density at radius 1 is 1.39 bits per heavy atom. The van der Waals surface area contributed by atoms with Crippen molar-refractivity contribution in [1.82, 2.24) is 10.2 Å². The fourth-order valence-electron chi connectivity index (χ4n) is 1.98. The molecule has 1 aromatic rings. The van der Waals surface area contributed by atoms with Crippen LogP contribution in [0.3, 0.4) is 0 Å². The highest BCUT2D eigenvalue weighted by atomic mass is 35.5. The van der Waals surface area contributed by atoms with Gasteiger partial charge < -0.3 is 15.5 Å². The van der Waals surface area contributed by atoms with E-state index in [0.717, 1.165) is 38.3 Å². The Bertz CT molecular complexity index is 403. The lowest BCUT2D eigenvalue weighted by molar-refractivity contribution is -0.129. The third-order valence-corrected chi connectivity index (χ3v) is 3.20. The van der Waals surface area contributed by atoms with Gasteiger partial charge in [0.1, 0.15) is 0 Å². The van der Waals surface area contributed by atoms with E-state index in [-0.39, 0.29) is 5.91 Å². The van der Waals surface area contributed by atoms with Gasteiger partial charge in [0.25, 0.3) is 0 Å².